The number of hydrogen-bond donors (Lipinski definition) is 0. The molecule has 0 amide bonds. The fourth-order valence-corrected chi connectivity index (χ4v) is 3.66. The predicted molar refractivity (Wildman–Crippen MR) is 48.4 cm³/mol. The van der Waals surface area contributed by atoms with Crippen molar-refractivity contribution >= 4 is 0 Å². The summed E-state index contributed by atoms with van der Waals surface area (Å²) in [5.41, 5.74) is 1.40. The SMILES string of the molecule is CC1C(C(C)(C)C)C12CCC2. The Morgan fingerprint density at radius 3 is 1.82 bits per heavy atom. The third-order valence-electron chi connectivity index (χ3n) is 4.13. The van der Waals surface area contributed by atoms with E-state index in [9.17, 15) is 0 Å². The molecule has 0 N–H and O–H groups in total. The molecule has 0 heterocycles. The molecule has 2 aliphatic rings. The van der Waals surface area contributed by atoms with Crippen LogP contribution in [-0.4, -0.2) is 0 Å². The minimum absolute atomic E-state index is 0.569. The quantitative estimate of drug-likeness (QED) is 0.498. The zero-order chi connectivity index (χ0) is 8.28. The molecule has 0 aliphatic heterocycles. The van der Waals surface area contributed by atoms with Crippen molar-refractivity contribution in [3.05, 3.63) is 0 Å². The Bertz CT molecular complexity index is 169. The molecule has 0 aromatic carbocycles. The highest BCUT2D eigenvalue weighted by Gasteiger charge is 2.67. The van der Waals surface area contributed by atoms with Crippen molar-refractivity contribution in [1.82, 2.24) is 0 Å². The second-order valence-electron chi connectivity index (χ2n) is 5.72. The summed E-state index contributed by atoms with van der Waals surface area (Å²) in [5.74, 6) is 2.06. The van der Waals surface area contributed by atoms with Crippen molar-refractivity contribution in [2.45, 2.75) is 47.0 Å². The summed E-state index contributed by atoms with van der Waals surface area (Å²) in [7, 11) is 0. The molecule has 1 spiro atoms. The number of rotatable bonds is 0. The van der Waals surface area contributed by atoms with Gasteiger partial charge in [-0.2, -0.15) is 0 Å². The van der Waals surface area contributed by atoms with Gasteiger partial charge in [-0.1, -0.05) is 34.1 Å². The minimum atomic E-state index is 0.569. The Labute approximate surface area is 70.4 Å². The van der Waals surface area contributed by atoms with Crippen molar-refractivity contribution < 1.29 is 0 Å². The summed E-state index contributed by atoms with van der Waals surface area (Å²) in [6, 6.07) is 0. The van der Waals surface area contributed by atoms with Crippen LogP contribution in [0.4, 0.5) is 0 Å². The summed E-state index contributed by atoms with van der Waals surface area (Å²) in [6.07, 6.45) is 4.54. The van der Waals surface area contributed by atoms with E-state index < -0.39 is 0 Å². The molecule has 2 rings (SSSR count). The molecular formula is C11H20. The molecular weight excluding hydrogens is 132 g/mol. The van der Waals surface area contributed by atoms with Crippen LogP contribution in [0.5, 0.6) is 0 Å². The van der Waals surface area contributed by atoms with Crippen molar-refractivity contribution in [3.63, 3.8) is 0 Å². The van der Waals surface area contributed by atoms with Crippen LogP contribution in [0.1, 0.15) is 47.0 Å². The van der Waals surface area contributed by atoms with Crippen molar-refractivity contribution in [1.29, 1.82) is 0 Å². The lowest BCUT2D eigenvalue weighted by molar-refractivity contribution is 0.190. The van der Waals surface area contributed by atoms with E-state index in [1.807, 2.05) is 0 Å². The van der Waals surface area contributed by atoms with E-state index >= 15 is 0 Å². The summed E-state index contributed by atoms with van der Waals surface area (Å²) in [4.78, 5) is 0. The summed E-state index contributed by atoms with van der Waals surface area (Å²) >= 11 is 0. The molecule has 0 aromatic rings. The van der Waals surface area contributed by atoms with Crippen LogP contribution in [0.25, 0.3) is 0 Å². The van der Waals surface area contributed by atoms with Gasteiger partial charge in [-0.25, -0.2) is 0 Å². The molecule has 0 nitrogen and oxygen atoms in total. The molecule has 0 saturated heterocycles. The maximum atomic E-state index is 2.45. The third kappa shape index (κ3) is 0.816. The van der Waals surface area contributed by atoms with Crippen LogP contribution in [-0.2, 0) is 0 Å². The van der Waals surface area contributed by atoms with Crippen LogP contribution in [0.15, 0.2) is 0 Å². The maximum absolute atomic E-state index is 2.45. The topological polar surface area (TPSA) is 0 Å². The molecule has 2 aliphatic carbocycles. The van der Waals surface area contributed by atoms with Gasteiger partial charge in [0, 0.05) is 0 Å². The van der Waals surface area contributed by atoms with Crippen molar-refractivity contribution in [2.24, 2.45) is 22.7 Å². The van der Waals surface area contributed by atoms with Crippen molar-refractivity contribution in [3.8, 4) is 0 Å². The molecule has 0 heteroatoms. The van der Waals surface area contributed by atoms with E-state index in [1.54, 1.807) is 0 Å². The monoisotopic (exact) mass is 152 g/mol. The molecule has 2 saturated carbocycles. The Kier molecular flexibility index (Phi) is 1.28. The average Bonchev–Trinajstić information content (AvgIpc) is 2.31. The number of hydrogen-bond acceptors (Lipinski definition) is 0. The fraction of sp³-hybridized carbons (Fsp3) is 1.00. The lowest BCUT2D eigenvalue weighted by Crippen LogP contribution is -2.21. The van der Waals surface area contributed by atoms with E-state index in [2.05, 4.69) is 27.7 Å². The van der Waals surface area contributed by atoms with Crippen LogP contribution in [0.2, 0.25) is 0 Å². The highest BCUT2D eigenvalue weighted by atomic mass is 14.7. The Morgan fingerprint density at radius 1 is 1.18 bits per heavy atom. The standard InChI is InChI=1S/C11H20/c1-8-9(10(2,3)4)11(8)6-5-7-11/h8-9H,5-7H2,1-4H3. The third-order valence-corrected chi connectivity index (χ3v) is 4.13. The van der Waals surface area contributed by atoms with Gasteiger partial charge in [0.05, 0.1) is 0 Å². The Balaban J connectivity index is 2.10. The summed E-state index contributed by atoms with van der Waals surface area (Å²) in [5, 5.41) is 0. The zero-order valence-corrected chi connectivity index (χ0v) is 8.28. The second-order valence-corrected chi connectivity index (χ2v) is 5.72. The van der Waals surface area contributed by atoms with Gasteiger partial charge < -0.3 is 0 Å². The molecule has 2 fully saturated rings. The van der Waals surface area contributed by atoms with Crippen LogP contribution >= 0.6 is 0 Å². The van der Waals surface area contributed by atoms with Gasteiger partial charge in [0.15, 0.2) is 0 Å². The van der Waals surface area contributed by atoms with E-state index in [4.69, 9.17) is 0 Å². The minimum Gasteiger partial charge on any atom is -0.0617 e. The van der Waals surface area contributed by atoms with Crippen LogP contribution in [0, 0.1) is 22.7 Å². The first kappa shape index (κ1) is 7.64. The summed E-state index contributed by atoms with van der Waals surface area (Å²) in [6.45, 7) is 9.67. The Hall–Kier alpha value is 0. The van der Waals surface area contributed by atoms with E-state index in [0.29, 0.717) is 5.41 Å². The van der Waals surface area contributed by atoms with Crippen LogP contribution < -0.4 is 0 Å². The first-order chi connectivity index (χ1) is 4.98. The first-order valence-corrected chi connectivity index (χ1v) is 4.98. The highest BCUT2D eigenvalue weighted by molar-refractivity contribution is 5.15. The largest absolute Gasteiger partial charge is 0.0617 e. The second kappa shape index (κ2) is 1.84. The van der Waals surface area contributed by atoms with Crippen molar-refractivity contribution in [2.75, 3.05) is 0 Å². The van der Waals surface area contributed by atoms with E-state index in [1.165, 1.54) is 19.3 Å². The molecule has 0 aromatic heterocycles. The first-order valence-electron chi connectivity index (χ1n) is 4.98. The maximum Gasteiger partial charge on any atom is -0.0233 e. The molecule has 64 valence electrons. The molecule has 0 radical (unpaired) electrons. The van der Waals surface area contributed by atoms with Crippen LogP contribution in [0.3, 0.4) is 0 Å². The van der Waals surface area contributed by atoms with Gasteiger partial charge >= 0.3 is 0 Å². The highest BCUT2D eigenvalue weighted by Crippen LogP contribution is 2.74. The van der Waals surface area contributed by atoms with Gasteiger partial charge in [-0.05, 0) is 35.5 Å². The van der Waals surface area contributed by atoms with E-state index in [-0.39, 0.29) is 0 Å². The lowest BCUT2D eigenvalue weighted by Gasteiger charge is -2.31. The zero-order valence-electron chi connectivity index (χ0n) is 8.28. The molecule has 2 unspecified atom stereocenters. The molecule has 0 bridgehead atoms. The normalized spacial score (nSPS) is 40.4. The van der Waals surface area contributed by atoms with Gasteiger partial charge in [0.2, 0.25) is 0 Å². The molecule has 2 atom stereocenters. The summed E-state index contributed by atoms with van der Waals surface area (Å²) < 4.78 is 0. The predicted octanol–water partition coefficient (Wildman–Crippen LogP) is 3.47. The van der Waals surface area contributed by atoms with E-state index in [0.717, 1.165) is 17.3 Å². The van der Waals surface area contributed by atoms with Gasteiger partial charge in [0.1, 0.15) is 0 Å². The average molecular weight is 152 g/mol. The molecule has 11 heavy (non-hydrogen) atoms. The lowest BCUT2D eigenvalue weighted by atomic mass is 9.74. The fourth-order valence-electron chi connectivity index (χ4n) is 3.66. The Morgan fingerprint density at radius 2 is 1.73 bits per heavy atom. The smallest absolute Gasteiger partial charge is 0.0233 e. The van der Waals surface area contributed by atoms with Gasteiger partial charge in [-0.15, -0.1) is 0 Å². The van der Waals surface area contributed by atoms with Gasteiger partial charge in [0.25, 0.3) is 0 Å². The van der Waals surface area contributed by atoms with Gasteiger partial charge in [-0.3, -0.25) is 0 Å².